The smallest absolute Gasteiger partial charge is 0.295 e. The van der Waals surface area contributed by atoms with Crippen molar-refractivity contribution in [1.82, 2.24) is 14.8 Å². The number of halogens is 2. The van der Waals surface area contributed by atoms with E-state index in [0.29, 0.717) is 27.2 Å². The van der Waals surface area contributed by atoms with Gasteiger partial charge in [-0.25, -0.2) is 9.67 Å². The van der Waals surface area contributed by atoms with Crippen molar-refractivity contribution in [2.45, 2.75) is 6.92 Å². The van der Waals surface area contributed by atoms with Gasteiger partial charge in [0.2, 0.25) is 5.82 Å². The van der Waals surface area contributed by atoms with Crippen LogP contribution in [0.5, 0.6) is 0 Å². The summed E-state index contributed by atoms with van der Waals surface area (Å²) in [4.78, 5) is 17.2. The van der Waals surface area contributed by atoms with Crippen molar-refractivity contribution in [3.8, 4) is 17.1 Å². The Bertz CT molecular complexity index is 1170. The quantitative estimate of drug-likeness (QED) is 0.451. The van der Waals surface area contributed by atoms with Crippen molar-refractivity contribution in [2.24, 2.45) is 0 Å². The number of rotatable bonds is 4. The van der Waals surface area contributed by atoms with Crippen molar-refractivity contribution < 1.29 is 4.79 Å². The van der Waals surface area contributed by atoms with Gasteiger partial charge in [-0.05, 0) is 37.3 Å². The third-order valence-electron chi connectivity index (χ3n) is 4.30. The molecule has 0 saturated carbocycles. The SMILES string of the molecule is Cc1ccc(-c2nc(C(=O)Nc3ccccc3)nn2-c2ccc(Cl)c(Cl)c2)cc1. The molecular formula is C22H16Cl2N4O. The van der Waals surface area contributed by atoms with Gasteiger partial charge in [0.1, 0.15) is 0 Å². The van der Waals surface area contributed by atoms with Crippen molar-refractivity contribution in [3.05, 3.63) is 94.2 Å². The van der Waals surface area contributed by atoms with E-state index in [1.165, 1.54) is 0 Å². The van der Waals surface area contributed by atoms with Crippen LogP contribution in [-0.2, 0) is 0 Å². The van der Waals surface area contributed by atoms with E-state index >= 15 is 0 Å². The molecule has 7 heteroatoms. The van der Waals surface area contributed by atoms with Crippen LogP contribution in [0.2, 0.25) is 10.0 Å². The van der Waals surface area contributed by atoms with Crippen molar-refractivity contribution >= 4 is 34.8 Å². The molecule has 0 radical (unpaired) electrons. The Morgan fingerprint density at radius 1 is 0.931 bits per heavy atom. The van der Waals surface area contributed by atoms with Gasteiger partial charge in [-0.15, -0.1) is 5.10 Å². The molecule has 0 atom stereocenters. The van der Waals surface area contributed by atoms with E-state index in [2.05, 4.69) is 15.4 Å². The molecule has 1 heterocycles. The second kappa shape index (κ2) is 8.07. The Kier molecular flexibility index (Phi) is 5.34. The lowest BCUT2D eigenvalue weighted by Gasteiger charge is -2.07. The normalized spacial score (nSPS) is 10.7. The zero-order valence-electron chi connectivity index (χ0n) is 15.4. The summed E-state index contributed by atoms with van der Waals surface area (Å²) < 4.78 is 1.59. The minimum Gasteiger partial charge on any atom is -0.319 e. The summed E-state index contributed by atoms with van der Waals surface area (Å²) in [7, 11) is 0. The summed E-state index contributed by atoms with van der Waals surface area (Å²) in [6.07, 6.45) is 0. The molecule has 0 aliphatic heterocycles. The molecule has 29 heavy (non-hydrogen) atoms. The average molecular weight is 423 g/mol. The fraction of sp³-hybridized carbons (Fsp3) is 0.0455. The number of aryl methyl sites for hydroxylation is 1. The lowest BCUT2D eigenvalue weighted by atomic mass is 10.1. The summed E-state index contributed by atoms with van der Waals surface area (Å²) in [5.74, 6) is 0.181. The van der Waals surface area contributed by atoms with E-state index in [4.69, 9.17) is 23.2 Å². The molecule has 1 N–H and O–H groups in total. The summed E-state index contributed by atoms with van der Waals surface area (Å²) in [5, 5.41) is 8.08. The van der Waals surface area contributed by atoms with E-state index in [1.807, 2.05) is 49.4 Å². The highest BCUT2D eigenvalue weighted by atomic mass is 35.5. The lowest BCUT2D eigenvalue weighted by molar-refractivity contribution is 0.101. The number of nitrogens with one attached hydrogen (secondary N) is 1. The standard InChI is InChI=1S/C22H16Cl2N4O/c1-14-7-9-15(10-8-14)21-26-20(22(29)25-16-5-3-2-4-6-16)27-28(21)17-11-12-18(23)19(24)13-17/h2-13H,1H3,(H,25,29). The monoisotopic (exact) mass is 422 g/mol. The van der Waals surface area contributed by atoms with Crippen LogP contribution in [0.4, 0.5) is 5.69 Å². The minimum atomic E-state index is -0.400. The summed E-state index contributed by atoms with van der Waals surface area (Å²) in [6, 6.07) is 22.1. The van der Waals surface area contributed by atoms with Crippen LogP contribution >= 0.6 is 23.2 Å². The molecule has 0 unspecified atom stereocenters. The first-order valence-corrected chi connectivity index (χ1v) is 9.63. The molecule has 4 rings (SSSR count). The first-order chi connectivity index (χ1) is 14.0. The molecule has 5 nitrogen and oxygen atoms in total. The summed E-state index contributed by atoms with van der Waals surface area (Å²) in [6.45, 7) is 2.01. The molecule has 144 valence electrons. The van der Waals surface area contributed by atoms with Gasteiger partial charge < -0.3 is 5.32 Å². The number of hydrogen-bond donors (Lipinski definition) is 1. The highest BCUT2D eigenvalue weighted by molar-refractivity contribution is 6.42. The van der Waals surface area contributed by atoms with E-state index < -0.39 is 5.91 Å². The van der Waals surface area contributed by atoms with Crippen molar-refractivity contribution in [3.63, 3.8) is 0 Å². The van der Waals surface area contributed by atoms with Gasteiger partial charge in [0.25, 0.3) is 5.91 Å². The largest absolute Gasteiger partial charge is 0.319 e. The lowest BCUT2D eigenvalue weighted by Crippen LogP contribution is -2.14. The third kappa shape index (κ3) is 4.16. The van der Waals surface area contributed by atoms with Crippen molar-refractivity contribution in [1.29, 1.82) is 0 Å². The van der Waals surface area contributed by atoms with E-state index in [1.54, 1.807) is 35.0 Å². The Morgan fingerprint density at radius 3 is 2.34 bits per heavy atom. The first kappa shape index (κ1) is 19.2. The molecule has 4 aromatic rings. The van der Waals surface area contributed by atoms with Gasteiger partial charge in [0.05, 0.1) is 15.7 Å². The Labute approximate surface area is 177 Å². The number of aromatic nitrogens is 3. The second-order valence-electron chi connectivity index (χ2n) is 6.46. The minimum absolute atomic E-state index is 0.0514. The van der Waals surface area contributed by atoms with Crippen LogP contribution in [0.3, 0.4) is 0 Å². The molecule has 1 amide bonds. The van der Waals surface area contributed by atoms with Gasteiger partial charge in [0.15, 0.2) is 5.82 Å². The Morgan fingerprint density at radius 2 is 1.66 bits per heavy atom. The molecular weight excluding hydrogens is 407 g/mol. The van der Waals surface area contributed by atoms with E-state index in [-0.39, 0.29) is 5.82 Å². The molecule has 0 fully saturated rings. The third-order valence-corrected chi connectivity index (χ3v) is 5.04. The zero-order valence-corrected chi connectivity index (χ0v) is 16.9. The zero-order chi connectivity index (χ0) is 20.4. The van der Waals surface area contributed by atoms with Crippen LogP contribution in [0, 0.1) is 6.92 Å². The summed E-state index contributed by atoms with van der Waals surface area (Å²) >= 11 is 12.2. The van der Waals surface area contributed by atoms with Crippen LogP contribution in [0.25, 0.3) is 17.1 Å². The molecule has 0 aliphatic carbocycles. The number of nitrogens with zero attached hydrogens (tertiary/aromatic N) is 3. The molecule has 0 bridgehead atoms. The predicted octanol–water partition coefficient (Wildman–Crippen LogP) is 5.80. The Hall–Kier alpha value is -3.15. The molecule has 0 spiro atoms. The highest BCUT2D eigenvalue weighted by Gasteiger charge is 2.19. The van der Waals surface area contributed by atoms with Crippen LogP contribution in [0.15, 0.2) is 72.8 Å². The fourth-order valence-corrected chi connectivity index (χ4v) is 3.10. The van der Waals surface area contributed by atoms with E-state index in [0.717, 1.165) is 11.1 Å². The second-order valence-corrected chi connectivity index (χ2v) is 7.27. The van der Waals surface area contributed by atoms with Crippen molar-refractivity contribution in [2.75, 3.05) is 5.32 Å². The van der Waals surface area contributed by atoms with E-state index in [9.17, 15) is 4.79 Å². The summed E-state index contributed by atoms with van der Waals surface area (Å²) in [5.41, 5.74) is 3.27. The fourth-order valence-electron chi connectivity index (χ4n) is 2.80. The first-order valence-electron chi connectivity index (χ1n) is 8.87. The number of carbonyl (C=O) groups is 1. The number of hydrogen-bond acceptors (Lipinski definition) is 3. The predicted molar refractivity (Wildman–Crippen MR) is 116 cm³/mol. The van der Waals surface area contributed by atoms with Gasteiger partial charge in [-0.1, -0.05) is 71.2 Å². The highest BCUT2D eigenvalue weighted by Crippen LogP contribution is 2.27. The molecule has 0 saturated heterocycles. The van der Waals surface area contributed by atoms with Crippen LogP contribution in [0.1, 0.15) is 16.2 Å². The molecule has 0 aliphatic rings. The number of anilines is 1. The van der Waals surface area contributed by atoms with Crippen LogP contribution < -0.4 is 5.32 Å². The average Bonchev–Trinajstić information content (AvgIpc) is 3.17. The van der Waals surface area contributed by atoms with Gasteiger partial charge in [-0.2, -0.15) is 0 Å². The number of amides is 1. The number of carbonyl (C=O) groups excluding carboxylic acids is 1. The maximum absolute atomic E-state index is 12.7. The maximum Gasteiger partial charge on any atom is 0.295 e. The Balaban J connectivity index is 1.78. The van der Waals surface area contributed by atoms with Gasteiger partial charge in [0, 0.05) is 11.3 Å². The van der Waals surface area contributed by atoms with Gasteiger partial charge >= 0.3 is 0 Å². The maximum atomic E-state index is 12.7. The molecule has 3 aromatic carbocycles. The van der Waals surface area contributed by atoms with Crippen LogP contribution in [-0.4, -0.2) is 20.7 Å². The van der Waals surface area contributed by atoms with Gasteiger partial charge in [-0.3, -0.25) is 4.79 Å². The number of benzene rings is 3. The topological polar surface area (TPSA) is 59.8 Å². The number of para-hydroxylation sites is 1. The molecule has 1 aromatic heterocycles.